The molecule has 1 fully saturated rings. The number of fused-ring (bicyclic) bond motifs is 1. The van der Waals surface area contributed by atoms with Crippen molar-refractivity contribution < 1.29 is 4.79 Å². The molecule has 3 nitrogen and oxygen atoms in total. The molecule has 1 heterocycles. The highest BCUT2D eigenvalue weighted by Gasteiger charge is 2.26. The minimum Gasteiger partial charge on any atom is -0.385 e. The highest BCUT2D eigenvalue weighted by atomic mass is 32.2. The van der Waals surface area contributed by atoms with Gasteiger partial charge in [-0.05, 0) is 61.6 Å². The average Bonchev–Trinajstić information content (AvgIpc) is 2.94. The van der Waals surface area contributed by atoms with E-state index in [9.17, 15) is 4.79 Å². The van der Waals surface area contributed by atoms with E-state index in [1.807, 2.05) is 23.9 Å². The summed E-state index contributed by atoms with van der Waals surface area (Å²) in [5.41, 5.74) is 3.28. The Hall–Kier alpha value is -1.16. The van der Waals surface area contributed by atoms with Gasteiger partial charge in [-0.3, -0.25) is 4.79 Å². The summed E-state index contributed by atoms with van der Waals surface area (Å²) in [6.45, 7) is 3.24. The first-order chi connectivity index (χ1) is 10.3. The zero-order valence-corrected chi connectivity index (χ0v) is 13.5. The molecule has 0 aromatic heterocycles. The van der Waals surface area contributed by atoms with Gasteiger partial charge in [-0.1, -0.05) is 6.92 Å². The minimum absolute atomic E-state index is 0.0931. The Labute approximate surface area is 131 Å². The minimum atomic E-state index is 0.0931. The summed E-state index contributed by atoms with van der Waals surface area (Å²) in [5, 5.41) is 7.33. The number of hydrogen-bond donors (Lipinski definition) is 2. The van der Waals surface area contributed by atoms with Crippen molar-refractivity contribution in [1.29, 1.82) is 0 Å². The fraction of sp³-hybridized carbons (Fsp3) is 0.588. The Bertz CT molecular complexity index is 518. The standard InChI is InChI=1S/C17H24N2OS/c1-2-21-15-7-6-14(11-15)19-17(20)13-5-8-16-12(10-13)4-3-9-18-16/h5,8,10,14-15,18H,2-4,6-7,9,11H2,1H3,(H,19,20). The van der Waals surface area contributed by atoms with Crippen LogP contribution in [0, 0.1) is 0 Å². The van der Waals surface area contributed by atoms with E-state index in [4.69, 9.17) is 0 Å². The molecular weight excluding hydrogens is 280 g/mol. The Morgan fingerprint density at radius 2 is 2.33 bits per heavy atom. The zero-order chi connectivity index (χ0) is 14.7. The number of amides is 1. The lowest BCUT2D eigenvalue weighted by Gasteiger charge is -2.19. The van der Waals surface area contributed by atoms with Crippen LogP contribution in [0.2, 0.25) is 0 Å². The van der Waals surface area contributed by atoms with Crippen LogP contribution in [-0.4, -0.2) is 29.5 Å². The molecule has 1 aromatic rings. The van der Waals surface area contributed by atoms with E-state index in [1.54, 1.807) is 0 Å². The lowest BCUT2D eigenvalue weighted by molar-refractivity contribution is 0.0938. The number of aryl methyl sites for hydroxylation is 1. The molecule has 2 aliphatic rings. The number of nitrogens with one attached hydrogen (secondary N) is 2. The van der Waals surface area contributed by atoms with Gasteiger partial charge in [-0.2, -0.15) is 11.8 Å². The first-order valence-electron chi connectivity index (χ1n) is 8.05. The molecule has 1 aliphatic carbocycles. The van der Waals surface area contributed by atoms with Crippen LogP contribution in [0.4, 0.5) is 5.69 Å². The Balaban J connectivity index is 1.61. The summed E-state index contributed by atoms with van der Waals surface area (Å²) in [4.78, 5) is 12.4. The maximum absolute atomic E-state index is 12.4. The predicted molar refractivity (Wildman–Crippen MR) is 90.3 cm³/mol. The Morgan fingerprint density at radius 3 is 3.19 bits per heavy atom. The van der Waals surface area contributed by atoms with Gasteiger partial charge in [0.05, 0.1) is 0 Å². The SMILES string of the molecule is CCSC1CCC(NC(=O)c2ccc3c(c2)CCCN3)C1. The van der Waals surface area contributed by atoms with Crippen molar-refractivity contribution in [2.24, 2.45) is 0 Å². The zero-order valence-electron chi connectivity index (χ0n) is 12.7. The molecular formula is C17H24N2OS. The highest BCUT2D eigenvalue weighted by Crippen LogP contribution is 2.30. The second kappa shape index (κ2) is 6.73. The van der Waals surface area contributed by atoms with E-state index in [-0.39, 0.29) is 5.91 Å². The van der Waals surface area contributed by atoms with Gasteiger partial charge in [0.2, 0.25) is 0 Å². The topological polar surface area (TPSA) is 41.1 Å². The number of carbonyl (C=O) groups is 1. The summed E-state index contributed by atoms with van der Waals surface area (Å²) in [5.74, 6) is 1.26. The number of carbonyl (C=O) groups excluding carboxylic acids is 1. The molecule has 21 heavy (non-hydrogen) atoms. The van der Waals surface area contributed by atoms with Crippen molar-refractivity contribution >= 4 is 23.4 Å². The Kier molecular flexibility index (Phi) is 4.73. The summed E-state index contributed by atoms with van der Waals surface area (Å²) < 4.78 is 0. The van der Waals surface area contributed by atoms with Crippen LogP contribution in [0.25, 0.3) is 0 Å². The lowest BCUT2D eigenvalue weighted by atomic mass is 10.0. The van der Waals surface area contributed by atoms with E-state index in [2.05, 4.69) is 23.6 Å². The molecule has 2 unspecified atom stereocenters. The van der Waals surface area contributed by atoms with Crippen molar-refractivity contribution in [2.45, 2.75) is 50.3 Å². The highest BCUT2D eigenvalue weighted by molar-refractivity contribution is 7.99. The van der Waals surface area contributed by atoms with E-state index >= 15 is 0 Å². The third kappa shape index (κ3) is 3.54. The van der Waals surface area contributed by atoms with Crippen LogP contribution < -0.4 is 10.6 Å². The van der Waals surface area contributed by atoms with Gasteiger partial charge in [-0.15, -0.1) is 0 Å². The summed E-state index contributed by atoms with van der Waals surface area (Å²) in [6, 6.07) is 6.41. The van der Waals surface area contributed by atoms with E-state index in [0.29, 0.717) is 6.04 Å². The van der Waals surface area contributed by atoms with Crippen molar-refractivity contribution in [1.82, 2.24) is 5.32 Å². The molecule has 2 atom stereocenters. The monoisotopic (exact) mass is 304 g/mol. The quantitative estimate of drug-likeness (QED) is 0.895. The van der Waals surface area contributed by atoms with Crippen molar-refractivity contribution in [3.8, 4) is 0 Å². The smallest absolute Gasteiger partial charge is 0.251 e. The first-order valence-corrected chi connectivity index (χ1v) is 9.10. The number of thioether (sulfide) groups is 1. The predicted octanol–water partition coefficient (Wildman–Crippen LogP) is 3.45. The van der Waals surface area contributed by atoms with Gasteiger partial charge in [0.25, 0.3) is 5.91 Å². The van der Waals surface area contributed by atoms with Crippen molar-refractivity contribution in [3.63, 3.8) is 0 Å². The molecule has 4 heteroatoms. The molecule has 114 valence electrons. The maximum Gasteiger partial charge on any atom is 0.251 e. The second-order valence-corrected chi connectivity index (χ2v) is 7.54. The van der Waals surface area contributed by atoms with Crippen LogP contribution in [0.15, 0.2) is 18.2 Å². The Morgan fingerprint density at radius 1 is 1.43 bits per heavy atom. The fourth-order valence-corrected chi connectivity index (χ4v) is 4.49. The molecule has 0 bridgehead atoms. The van der Waals surface area contributed by atoms with E-state index in [0.717, 1.165) is 43.0 Å². The van der Waals surface area contributed by atoms with Gasteiger partial charge in [0.15, 0.2) is 0 Å². The lowest BCUT2D eigenvalue weighted by Crippen LogP contribution is -2.33. The summed E-state index contributed by atoms with van der Waals surface area (Å²) >= 11 is 2.02. The first kappa shape index (κ1) is 14.8. The third-order valence-corrected chi connectivity index (χ3v) is 5.66. The van der Waals surface area contributed by atoms with Crippen molar-refractivity contribution in [3.05, 3.63) is 29.3 Å². The number of anilines is 1. The molecule has 1 aromatic carbocycles. The van der Waals surface area contributed by atoms with Crippen LogP contribution in [0.1, 0.15) is 48.5 Å². The normalized spacial score (nSPS) is 24.2. The van der Waals surface area contributed by atoms with Crippen LogP contribution in [-0.2, 0) is 6.42 Å². The average molecular weight is 304 g/mol. The summed E-state index contributed by atoms with van der Waals surface area (Å²) in [7, 11) is 0. The van der Waals surface area contributed by atoms with Crippen LogP contribution in [0.3, 0.4) is 0 Å². The second-order valence-electron chi connectivity index (χ2n) is 5.96. The fourth-order valence-electron chi connectivity index (χ4n) is 3.34. The summed E-state index contributed by atoms with van der Waals surface area (Å²) in [6.07, 6.45) is 5.70. The van der Waals surface area contributed by atoms with Gasteiger partial charge >= 0.3 is 0 Å². The molecule has 1 amide bonds. The molecule has 0 radical (unpaired) electrons. The van der Waals surface area contributed by atoms with E-state index in [1.165, 1.54) is 23.4 Å². The van der Waals surface area contributed by atoms with Crippen LogP contribution >= 0.6 is 11.8 Å². The van der Waals surface area contributed by atoms with Gasteiger partial charge in [0.1, 0.15) is 0 Å². The van der Waals surface area contributed by atoms with E-state index < -0.39 is 0 Å². The number of rotatable bonds is 4. The molecule has 0 spiro atoms. The molecule has 0 saturated heterocycles. The third-order valence-electron chi connectivity index (χ3n) is 4.43. The number of benzene rings is 1. The molecule has 1 saturated carbocycles. The van der Waals surface area contributed by atoms with Gasteiger partial charge < -0.3 is 10.6 Å². The van der Waals surface area contributed by atoms with Crippen molar-refractivity contribution in [2.75, 3.05) is 17.6 Å². The van der Waals surface area contributed by atoms with Gasteiger partial charge in [-0.25, -0.2) is 0 Å². The number of hydrogen-bond acceptors (Lipinski definition) is 3. The van der Waals surface area contributed by atoms with Gasteiger partial charge in [0, 0.05) is 29.1 Å². The molecule has 3 rings (SSSR count). The molecule has 2 N–H and O–H groups in total. The van der Waals surface area contributed by atoms with Crippen LogP contribution in [0.5, 0.6) is 0 Å². The maximum atomic E-state index is 12.4. The largest absolute Gasteiger partial charge is 0.385 e. The molecule has 1 aliphatic heterocycles.